The van der Waals surface area contributed by atoms with Crippen LogP contribution in [0.4, 0.5) is 19.0 Å². The van der Waals surface area contributed by atoms with Crippen LogP contribution in [0.5, 0.6) is 0 Å². The van der Waals surface area contributed by atoms with E-state index in [4.69, 9.17) is 11.1 Å². The van der Waals surface area contributed by atoms with Crippen LogP contribution in [0.1, 0.15) is 35.0 Å². The smallest absolute Gasteiger partial charge is 0.361 e. The second-order valence-corrected chi connectivity index (χ2v) is 5.70. The molecule has 3 aromatic heterocycles. The summed E-state index contributed by atoms with van der Waals surface area (Å²) in [7, 11) is 1.23. The highest BCUT2D eigenvalue weighted by molar-refractivity contribution is 5.92. The van der Waals surface area contributed by atoms with Crippen molar-refractivity contribution in [3.05, 3.63) is 53.1 Å². The lowest BCUT2D eigenvalue weighted by Gasteiger charge is -2.09. The largest absolute Gasteiger partial charge is 0.435 e. The summed E-state index contributed by atoms with van der Waals surface area (Å²) in [5, 5.41) is 9.56. The Bertz CT molecular complexity index is 1060. The van der Waals surface area contributed by atoms with Gasteiger partial charge in [0.05, 0.1) is 0 Å². The van der Waals surface area contributed by atoms with Crippen molar-refractivity contribution in [2.75, 3.05) is 0 Å². The molecule has 144 valence electrons. The Kier molecular flexibility index (Phi) is 4.83. The van der Waals surface area contributed by atoms with Gasteiger partial charge in [-0.3, -0.25) is 9.48 Å². The molecule has 0 saturated carbocycles. The minimum atomic E-state index is -4.65. The maximum atomic E-state index is 12.7. The summed E-state index contributed by atoms with van der Waals surface area (Å²) in [4.78, 5) is 23.5. The van der Waals surface area contributed by atoms with Crippen LogP contribution in [0.2, 0.25) is 0 Å². The molecule has 0 radical (unpaired) electrons. The number of pyridine rings is 1. The zero-order chi connectivity index (χ0) is 20.5. The zero-order valence-corrected chi connectivity index (χ0v) is 14.5. The van der Waals surface area contributed by atoms with Gasteiger partial charge in [-0.1, -0.05) is 11.7 Å². The third kappa shape index (κ3) is 3.83. The molecular weight excluding hydrogens is 379 g/mol. The van der Waals surface area contributed by atoms with Gasteiger partial charge in [0.25, 0.3) is 11.7 Å². The third-order valence-electron chi connectivity index (χ3n) is 3.68. The molecule has 28 heavy (non-hydrogen) atoms. The Labute approximate surface area is 156 Å². The van der Waals surface area contributed by atoms with Gasteiger partial charge >= 0.3 is 6.18 Å². The Morgan fingerprint density at radius 3 is 2.79 bits per heavy atom. The molecule has 3 rings (SSSR count). The number of nitrogens with one attached hydrogen (secondary N) is 1. The van der Waals surface area contributed by atoms with E-state index in [9.17, 15) is 18.0 Å². The molecule has 1 N–H and O–H groups in total. The first kappa shape index (κ1) is 19.0. The van der Waals surface area contributed by atoms with Gasteiger partial charge in [-0.25, -0.2) is 0 Å². The lowest BCUT2D eigenvalue weighted by molar-refractivity contribution is -0.141. The van der Waals surface area contributed by atoms with E-state index < -0.39 is 23.8 Å². The van der Waals surface area contributed by atoms with Gasteiger partial charge in [0.1, 0.15) is 17.9 Å². The van der Waals surface area contributed by atoms with Crippen molar-refractivity contribution in [2.45, 2.75) is 19.1 Å². The fourth-order valence-electron chi connectivity index (χ4n) is 2.30. The molecule has 12 heteroatoms. The van der Waals surface area contributed by atoms with Crippen molar-refractivity contribution in [3.63, 3.8) is 0 Å². The van der Waals surface area contributed by atoms with E-state index in [1.165, 1.54) is 26.2 Å². The van der Waals surface area contributed by atoms with E-state index in [0.29, 0.717) is 11.6 Å². The zero-order valence-electron chi connectivity index (χ0n) is 14.5. The number of amides is 1. The topological polar surface area (TPSA) is 103 Å². The van der Waals surface area contributed by atoms with Crippen molar-refractivity contribution in [1.82, 2.24) is 30.2 Å². The van der Waals surface area contributed by atoms with Crippen LogP contribution in [-0.2, 0) is 13.2 Å². The second kappa shape index (κ2) is 7.10. The molecule has 0 spiro atoms. The summed E-state index contributed by atoms with van der Waals surface area (Å²) in [5.74, 6) is -0.398. The molecule has 0 aliphatic carbocycles. The van der Waals surface area contributed by atoms with Gasteiger partial charge in [-0.05, 0) is 19.1 Å². The molecule has 0 aliphatic rings. The van der Waals surface area contributed by atoms with Gasteiger partial charge in [-0.2, -0.15) is 23.3 Å². The van der Waals surface area contributed by atoms with E-state index in [1.54, 1.807) is 6.07 Å². The number of halogens is 3. The van der Waals surface area contributed by atoms with Crippen molar-refractivity contribution in [1.29, 1.82) is 0 Å². The van der Waals surface area contributed by atoms with E-state index >= 15 is 0 Å². The van der Waals surface area contributed by atoms with Crippen molar-refractivity contribution < 1.29 is 22.5 Å². The minimum absolute atomic E-state index is 0.0442. The van der Waals surface area contributed by atoms with Crippen LogP contribution in [-0.4, -0.2) is 30.8 Å². The first-order valence-electron chi connectivity index (χ1n) is 7.78. The van der Waals surface area contributed by atoms with Crippen LogP contribution >= 0.6 is 0 Å². The fourth-order valence-corrected chi connectivity index (χ4v) is 2.30. The molecule has 0 fully saturated rings. The van der Waals surface area contributed by atoms with Crippen LogP contribution < -0.4 is 5.32 Å². The van der Waals surface area contributed by atoms with Crippen molar-refractivity contribution in [2.24, 2.45) is 7.05 Å². The second-order valence-electron chi connectivity index (χ2n) is 5.70. The normalized spacial score (nSPS) is 12.4. The minimum Gasteiger partial charge on any atom is -0.361 e. The molecule has 0 aliphatic heterocycles. The number of hydrogen-bond acceptors (Lipinski definition) is 6. The summed E-state index contributed by atoms with van der Waals surface area (Å²) in [6.07, 6.45) is -3.23. The van der Waals surface area contributed by atoms with E-state index in [0.717, 1.165) is 4.68 Å². The summed E-state index contributed by atoms with van der Waals surface area (Å²) in [6.45, 7) is 8.50. The lowest BCUT2D eigenvalue weighted by atomic mass is 10.2. The summed E-state index contributed by atoms with van der Waals surface area (Å²) in [5.41, 5.74) is -0.938. The SMILES string of the molecule is [C-]#[N+]c1cc(-c2noc([C@H](C)NC(=O)c3cc(C(F)(F)F)nn3C)n2)ccn1. The van der Waals surface area contributed by atoms with Crippen molar-refractivity contribution >= 4 is 11.7 Å². The fraction of sp³-hybridized carbons (Fsp3) is 0.250. The average Bonchev–Trinajstić information content (AvgIpc) is 3.28. The Morgan fingerprint density at radius 1 is 1.39 bits per heavy atom. The van der Waals surface area contributed by atoms with Crippen LogP contribution in [0.15, 0.2) is 28.9 Å². The molecule has 0 aromatic carbocycles. The quantitative estimate of drug-likeness (QED) is 0.686. The maximum Gasteiger partial charge on any atom is 0.435 e. The first-order chi connectivity index (χ1) is 13.2. The molecule has 1 atom stereocenters. The molecule has 1 amide bonds. The number of hydrogen-bond donors (Lipinski definition) is 1. The van der Waals surface area contributed by atoms with Gasteiger partial charge < -0.3 is 14.7 Å². The first-order valence-corrected chi connectivity index (χ1v) is 7.78. The predicted octanol–water partition coefficient (Wildman–Crippen LogP) is 2.93. The predicted molar refractivity (Wildman–Crippen MR) is 87.9 cm³/mol. The molecule has 9 nitrogen and oxygen atoms in total. The third-order valence-corrected chi connectivity index (χ3v) is 3.68. The number of nitrogens with zero attached hydrogens (tertiary/aromatic N) is 6. The van der Waals surface area contributed by atoms with Crippen molar-refractivity contribution in [3.8, 4) is 11.4 Å². The molecule has 3 aromatic rings. The molecule has 3 heterocycles. The van der Waals surface area contributed by atoms with Crippen LogP contribution in [0.25, 0.3) is 16.2 Å². The van der Waals surface area contributed by atoms with Gasteiger partial charge in [0.2, 0.25) is 11.7 Å². The Balaban J connectivity index is 1.76. The molecular formula is C16H12F3N7O2. The average molecular weight is 391 g/mol. The highest BCUT2D eigenvalue weighted by Gasteiger charge is 2.35. The Hall–Kier alpha value is -3.75. The standard InChI is InChI=1S/C16H12F3N7O2/c1-8(22-14(27)10-7-11(16(17,18)19)24-26(10)3)15-23-13(25-28-15)9-4-5-21-12(6-9)20-2/h4-8H,1,3H3,(H,22,27)/t8-/m0/s1. The summed E-state index contributed by atoms with van der Waals surface area (Å²) in [6, 6.07) is 2.93. The number of carbonyl (C=O) groups excluding carboxylic acids is 1. The highest BCUT2D eigenvalue weighted by atomic mass is 19.4. The molecule has 0 saturated heterocycles. The summed E-state index contributed by atoms with van der Waals surface area (Å²) >= 11 is 0. The number of alkyl halides is 3. The van der Waals surface area contributed by atoms with Gasteiger partial charge in [0, 0.05) is 18.7 Å². The molecule has 0 unspecified atom stereocenters. The number of aromatic nitrogens is 5. The van der Waals surface area contributed by atoms with E-state index in [1.807, 2.05) is 0 Å². The van der Waals surface area contributed by atoms with Gasteiger partial charge in [-0.15, -0.1) is 4.98 Å². The highest BCUT2D eigenvalue weighted by Crippen LogP contribution is 2.28. The van der Waals surface area contributed by atoms with E-state index in [-0.39, 0.29) is 23.2 Å². The summed E-state index contributed by atoms with van der Waals surface area (Å²) < 4.78 is 44.1. The lowest BCUT2D eigenvalue weighted by Crippen LogP contribution is -2.28. The van der Waals surface area contributed by atoms with Crippen LogP contribution in [0, 0.1) is 6.57 Å². The Morgan fingerprint density at radius 2 is 2.14 bits per heavy atom. The van der Waals surface area contributed by atoms with E-state index in [2.05, 4.69) is 30.4 Å². The molecule has 0 bridgehead atoms. The number of rotatable bonds is 4. The maximum absolute atomic E-state index is 12.7. The monoisotopic (exact) mass is 391 g/mol. The van der Waals surface area contributed by atoms with Gasteiger partial charge in [0.15, 0.2) is 5.69 Å². The van der Waals surface area contributed by atoms with Crippen LogP contribution in [0.3, 0.4) is 0 Å². The number of aryl methyl sites for hydroxylation is 1. The number of carbonyl (C=O) groups is 1.